The summed E-state index contributed by atoms with van der Waals surface area (Å²) in [6, 6.07) is 5.47. The van der Waals surface area contributed by atoms with Crippen LogP contribution >= 0.6 is 0 Å². The minimum Gasteiger partial charge on any atom is -0.314 e. The van der Waals surface area contributed by atoms with Crippen molar-refractivity contribution in [3.8, 4) is 0 Å². The lowest BCUT2D eigenvalue weighted by Gasteiger charge is -2.30. The normalized spacial score (nSPS) is 24.2. The van der Waals surface area contributed by atoms with Crippen molar-refractivity contribution in [1.29, 1.82) is 0 Å². The number of amides is 1. The Morgan fingerprint density at radius 1 is 1.33 bits per heavy atom. The van der Waals surface area contributed by atoms with E-state index in [1.165, 1.54) is 18.4 Å². The van der Waals surface area contributed by atoms with Crippen LogP contribution in [0.25, 0.3) is 0 Å². The first-order valence-corrected chi connectivity index (χ1v) is 9.85. The van der Waals surface area contributed by atoms with Gasteiger partial charge in [0.2, 0.25) is 15.9 Å². The Morgan fingerprint density at radius 3 is 2.75 bits per heavy atom. The molecule has 6 nitrogen and oxygen atoms in total. The highest BCUT2D eigenvalue weighted by atomic mass is 32.2. The van der Waals surface area contributed by atoms with Gasteiger partial charge in [0.1, 0.15) is 0 Å². The summed E-state index contributed by atoms with van der Waals surface area (Å²) in [7, 11) is -0.464. The lowest BCUT2D eigenvalue weighted by molar-refractivity contribution is -0.123. The fraction of sp³-hybridized carbons (Fsp3) is 0.588. The predicted octanol–water partition coefficient (Wildman–Crippen LogP) is 1.21. The van der Waals surface area contributed by atoms with Gasteiger partial charge in [0.05, 0.1) is 4.90 Å². The standard InChI is InChI=1S/C17H25N3O3S/c1-12-10-14(6-8-18-12)17(21)20-9-7-13-4-5-15(11-16(13)20)24(22,23)19(2)3/h4-5,11-12,14,18H,6-10H2,1-3H3/t12-,14-/m0/s1. The van der Waals surface area contributed by atoms with E-state index in [0.29, 0.717) is 12.6 Å². The van der Waals surface area contributed by atoms with Crippen molar-refractivity contribution < 1.29 is 13.2 Å². The smallest absolute Gasteiger partial charge is 0.242 e. The first-order chi connectivity index (χ1) is 11.3. The maximum Gasteiger partial charge on any atom is 0.242 e. The van der Waals surface area contributed by atoms with E-state index in [1.807, 2.05) is 6.07 Å². The number of hydrogen-bond acceptors (Lipinski definition) is 4. The summed E-state index contributed by atoms with van der Waals surface area (Å²) in [4.78, 5) is 15.0. The van der Waals surface area contributed by atoms with Crippen LogP contribution in [0.4, 0.5) is 5.69 Å². The molecule has 0 unspecified atom stereocenters. The molecule has 1 N–H and O–H groups in total. The zero-order chi connectivity index (χ0) is 17.5. The number of carbonyl (C=O) groups excluding carboxylic acids is 1. The van der Waals surface area contributed by atoms with Crippen molar-refractivity contribution in [2.24, 2.45) is 5.92 Å². The van der Waals surface area contributed by atoms with Crippen LogP contribution in [0.3, 0.4) is 0 Å². The molecule has 0 bridgehead atoms. The number of nitrogens with zero attached hydrogens (tertiary/aromatic N) is 2. The third-order valence-corrected chi connectivity index (χ3v) is 6.78. The fourth-order valence-corrected chi connectivity index (χ4v) is 4.46. The van der Waals surface area contributed by atoms with E-state index in [1.54, 1.807) is 17.0 Å². The maximum absolute atomic E-state index is 12.9. The molecule has 132 valence electrons. The number of anilines is 1. The van der Waals surface area contributed by atoms with Crippen LogP contribution < -0.4 is 10.2 Å². The quantitative estimate of drug-likeness (QED) is 0.889. The molecule has 1 aromatic carbocycles. The zero-order valence-corrected chi connectivity index (χ0v) is 15.3. The van der Waals surface area contributed by atoms with Gasteiger partial charge in [0.15, 0.2) is 0 Å². The minimum absolute atomic E-state index is 0.0151. The second-order valence-electron chi connectivity index (χ2n) is 6.89. The molecule has 2 heterocycles. The molecule has 0 radical (unpaired) electrons. The Kier molecular flexibility index (Phi) is 4.68. The number of carbonyl (C=O) groups is 1. The Bertz CT molecular complexity index is 745. The van der Waals surface area contributed by atoms with Gasteiger partial charge in [0.25, 0.3) is 0 Å². The number of piperidine rings is 1. The number of benzene rings is 1. The van der Waals surface area contributed by atoms with Crippen LogP contribution in [-0.4, -0.2) is 51.9 Å². The van der Waals surface area contributed by atoms with Gasteiger partial charge in [0, 0.05) is 38.3 Å². The number of rotatable bonds is 3. The summed E-state index contributed by atoms with van der Waals surface area (Å²) in [6.45, 7) is 3.59. The summed E-state index contributed by atoms with van der Waals surface area (Å²) in [6.07, 6.45) is 2.45. The van der Waals surface area contributed by atoms with Crippen molar-refractivity contribution in [3.05, 3.63) is 23.8 Å². The highest BCUT2D eigenvalue weighted by molar-refractivity contribution is 7.89. The van der Waals surface area contributed by atoms with E-state index in [4.69, 9.17) is 0 Å². The maximum atomic E-state index is 12.9. The highest BCUT2D eigenvalue weighted by Crippen LogP contribution is 2.33. The van der Waals surface area contributed by atoms with Gasteiger partial charge in [-0.15, -0.1) is 0 Å². The third-order valence-electron chi connectivity index (χ3n) is 4.97. The van der Waals surface area contributed by atoms with Gasteiger partial charge in [-0.25, -0.2) is 12.7 Å². The molecule has 0 aromatic heterocycles. The van der Waals surface area contributed by atoms with Gasteiger partial charge in [-0.2, -0.15) is 0 Å². The summed E-state index contributed by atoms with van der Waals surface area (Å²) in [5, 5.41) is 3.36. The van der Waals surface area contributed by atoms with Crippen molar-refractivity contribution in [2.75, 3.05) is 32.1 Å². The number of hydrogen-bond donors (Lipinski definition) is 1. The monoisotopic (exact) mass is 351 g/mol. The second kappa shape index (κ2) is 6.46. The molecule has 0 spiro atoms. The zero-order valence-electron chi connectivity index (χ0n) is 14.4. The van der Waals surface area contributed by atoms with Crippen LogP contribution in [0.5, 0.6) is 0 Å². The summed E-state index contributed by atoms with van der Waals surface area (Å²) in [5.41, 5.74) is 1.80. The molecular weight excluding hydrogens is 326 g/mol. The van der Waals surface area contributed by atoms with Gasteiger partial charge in [-0.1, -0.05) is 6.07 Å². The molecule has 3 rings (SSSR count). The first kappa shape index (κ1) is 17.4. The van der Waals surface area contributed by atoms with E-state index in [9.17, 15) is 13.2 Å². The molecule has 2 aliphatic rings. The van der Waals surface area contributed by atoms with Crippen LogP contribution in [0.2, 0.25) is 0 Å². The molecule has 1 fully saturated rings. The summed E-state index contributed by atoms with van der Waals surface area (Å²) < 4.78 is 25.9. The molecule has 2 aliphatic heterocycles. The summed E-state index contributed by atoms with van der Waals surface area (Å²) in [5.74, 6) is 0.141. The van der Waals surface area contributed by atoms with Crippen LogP contribution in [0.1, 0.15) is 25.3 Å². The van der Waals surface area contributed by atoms with Crippen molar-refractivity contribution in [2.45, 2.75) is 37.1 Å². The van der Waals surface area contributed by atoms with Crippen molar-refractivity contribution in [1.82, 2.24) is 9.62 Å². The topological polar surface area (TPSA) is 69.7 Å². The summed E-state index contributed by atoms with van der Waals surface area (Å²) >= 11 is 0. The van der Waals surface area contributed by atoms with E-state index in [0.717, 1.165) is 37.1 Å². The van der Waals surface area contributed by atoms with Crippen LogP contribution in [0, 0.1) is 5.92 Å². The Morgan fingerprint density at radius 2 is 2.08 bits per heavy atom. The van der Waals surface area contributed by atoms with Gasteiger partial charge in [-0.05, 0) is 50.4 Å². The molecular formula is C17H25N3O3S. The highest BCUT2D eigenvalue weighted by Gasteiger charge is 2.33. The second-order valence-corrected chi connectivity index (χ2v) is 9.05. The SMILES string of the molecule is C[C@H]1C[C@@H](C(=O)N2CCc3ccc(S(=O)(=O)N(C)C)cc32)CCN1. The Labute approximate surface area is 143 Å². The minimum atomic E-state index is -3.50. The van der Waals surface area contributed by atoms with Crippen LogP contribution in [0.15, 0.2) is 23.1 Å². The van der Waals surface area contributed by atoms with E-state index < -0.39 is 10.0 Å². The van der Waals surface area contributed by atoms with E-state index in [2.05, 4.69) is 12.2 Å². The fourth-order valence-electron chi connectivity index (χ4n) is 3.54. The lowest BCUT2D eigenvalue weighted by atomic mass is 9.92. The molecule has 24 heavy (non-hydrogen) atoms. The predicted molar refractivity (Wildman–Crippen MR) is 93.6 cm³/mol. The molecule has 0 aliphatic carbocycles. The number of sulfonamides is 1. The Hall–Kier alpha value is -1.44. The van der Waals surface area contributed by atoms with Gasteiger partial charge in [-0.3, -0.25) is 4.79 Å². The van der Waals surface area contributed by atoms with Gasteiger partial charge < -0.3 is 10.2 Å². The lowest BCUT2D eigenvalue weighted by Crippen LogP contribution is -2.43. The van der Waals surface area contributed by atoms with Gasteiger partial charge >= 0.3 is 0 Å². The van der Waals surface area contributed by atoms with Crippen molar-refractivity contribution in [3.63, 3.8) is 0 Å². The molecule has 1 amide bonds. The molecule has 0 saturated carbocycles. The van der Waals surface area contributed by atoms with E-state index in [-0.39, 0.29) is 16.7 Å². The van der Waals surface area contributed by atoms with Crippen LogP contribution in [-0.2, 0) is 21.2 Å². The largest absolute Gasteiger partial charge is 0.314 e. The van der Waals surface area contributed by atoms with Crippen molar-refractivity contribution >= 4 is 21.6 Å². The first-order valence-electron chi connectivity index (χ1n) is 8.41. The average Bonchev–Trinajstić information content (AvgIpc) is 2.97. The molecule has 1 aromatic rings. The number of fused-ring (bicyclic) bond motifs is 1. The third kappa shape index (κ3) is 3.08. The Balaban J connectivity index is 1.89. The average molecular weight is 351 g/mol. The molecule has 1 saturated heterocycles. The number of nitrogens with one attached hydrogen (secondary N) is 1. The van der Waals surface area contributed by atoms with E-state index >= 15 is 0 Å². The molecule has 7 heteroatoms. The molecule has 2 atom stereocenters.